The summed E-state index contributed by atoms with van der Waals surface area (Å²) in [6.45, 7) is 5.87. The summed E-state index contributed by atoms with van der Waals surface area (Å²) < 4.78 is 10.9. The van der Waals surface area contributed by atoms with Gasteiger partial charge in [-0.05, 0) is 32.9 Å². The second-order valence-corrected chi connectivity index (χ2v) is 4.85. The number of anilines is 2. The third-order valence-electron chi connectivity index (χ3n) is 2.76. The number of aromatic nitrogens is 2. The molecule has 1 N–H and O–H groups in total. The second-order valence-electron chi connectivity index (χ2n) is 4.85. The Morgan fingerprint density at radius 1 is 1.30 bits per heavy atom. The van der Waals surface area contributed by atoms with Gasteiger partial charge in [-0.3, -0.25) is 10.1 Å². The second kappa shape index (κ2) is 7.39. The molecule has 1 aromatic heterocycles. The molecule has 0 unspecified atom stereocenters. The predicted octanol–water partition coefficient (Wildman–Crippen LogP) is 3.31. The van der Waals surface area contributed by atoms with Gasteiger partial charge in [0.25, 0.3) is 5.88 Å². The van der Waals surface area contributed by atoms with Crippen LogP contribution in [0.4, 0.5) is 17.2 Å². The first kappa shape index (κ1) is 16.5. The number of rotatable bonds is 7. The van der Waals surface area contributed by atoms with Crippen LogP contribution in [0.1, 0.15) is 20.8 Å². The van der Waals surface area contributed by atoms with Gasteiger partial charge in [0.2, 0.25) is 5.82 Å². The molecular weight excluding hydrogens is 300 g/mol. The maximum Gasteiger partial charge on any atom is 0.373 e. The summed E-state index contributed by atoms with van der Waals surface area (Å²) >= 11 is 0. The number of hydrogen-bond acceptors (Lipinski definition) is 7. The molecule has 0 aliphatic heterocycles. The van der Waals surface area contributed by atoms with Crippen LogP contribution in [0.5, 0.6) is 11.6 Å². The monoisotopic (exact) mass is 318 g/mol. The lowest BCUT2D eigenvalue weighted by Gasteiger charge is -2.13. The van der Waals surface area contributed by atoms with Gasteiger partial charge in [0, 0.05) is 0 Å². The van der Waals surface area contributed by atoms with Crippen LogP contribution in [-0.2, 0) is 0 Å². The van der Waals surface area contributed by atoms with Crippen LogP contribution in [0.25, 0.3) is 0 Å². The van der Waals surface area contributed by atoms with Gasteiger partial charge in [-0.25, -0.2) is 4.98 Å². The molecule has 0 fully saturated rings. The van der Waals surface area contributed by atoms with Crippen molar-refractivity contribution in [3.63, 3.8) is 0 Å². The van der Waals surface area contributed by atoms with Crippen molar-refractivity contribution in [1.82, 2.24) is 9.97 Å². The maximum atomic E-state index is 11.4. The number of benzene rings is 1. The molecule has 2 aromatic rings. The fourth-order valence-electron chi connectivity index (χ4n) is 1.91. The van der Waals surface area contributed by atoms with Gasteiger partial charge in [0.1, 0.15) is 12.1 Å². The van der Waals surface area contributed by atoms with Gasteiger partial charge in [0.05, 0.1) is 23.3 Å². The molecule has 8 heteroatoms. The topological polar surface area (TPSA) is 99.4 Å². The highest BCUT2D eigenvalue weighted by Crippen LogP contribution is 2.35. The van der Waals surface area contributed by atoms with Crippen LogP contribution in [0, 0.1) is 10.1 Å². The van der Waals surface area contributed by atoms with Crippen LogP contribution in [0.2, 0.25) is 0 Å². The molecule has 0 radical (unpaired) electrons. The van der Waals surface area contributed by atoms with Crippen molar-refractivity contribution < 1.29 is 14.4 Å². The van der Waals surface area contributed by atoms with Gasteiger partial charge in [-0.1, -0.05) is 12.1 Å². The summed E-state index contributed by atoms with van der Waals surface area (Å²) in [5, 5.41) is 14.3. The Morgan fingerprint density at radius 2 is 2.04 bits per heavy atom. The first-order chi connectivity index (χ1) is 11.0. The average Bonchev–Trinajstić information content (AvgIpc) is 2.48. The van der Waals surface area contributed by atoms with Gasteiger partial charge in [-0.15, -0.1) is 0 Å². The minimum atomic E-state index is -0.566. The molecule has 1 aromatic carbocycles. The summed E-state index contributed by atoms with van der Waals surface area (Å²) in [6.07, 6.45) is 0.975. The van der Waals surface area contributed by atoms with Crippen molar-refractivity contribution in [2.75, 3.05) is 11.9 Å². The van der Waals surface area contributed by atoms with E-state index in [4.69, 9.17) is 9.47 Å². The molecule has 23 heavy (non-hydrogen) atoms. The summed E-state index contributed by atoms with van der Waals surface area (Å²) in [4.78, 5) is 18.7. The fourth-order valence-corrected chi connectivity index (χ4v) is 1.91. The minimum Gasteiger partial charge on any atom is -0.492 e. The summed E-state index contributed by atoms with van der Waals surface area (Å²) in [7, 11) is 0. The van der Waals surface area contributed by atoms with E-state index in [1.165, 1.54) is 6.33 Å². The fraction of sp³-hybridized carbons (Fsp3) is 0.333. The maximum absolute atomic E-state index is 11.4. The third kappa shape index (κ3) is 4.06. The standard InChI is InChI=1S/C15H18N4O4/c1-4-22-12-8-6-5-7-11(12)18-14-13(19(20)21)15(17-9-16-14)23-10(2)3/h5-10H,4H2,1-3H3,(H,16,17,18). The zero-order chi connectivity index (χ0) is 16.8. The first-order valence-electron chi connectivity index (χ1n) is 7.17. The molecule has 0 bridgehead atoms. The largest absolute Gasteiger partial charge is 0.492 e. The first-order valence-corrected chi connectivity index (χ1v) is 7.17. The van der Waals surface area contributed by atoms with E-state index in [1.807, 2.05) is 13.0 Å². The highest BCUT2D eigenvalue weighted by atomic mass is 16.6. The number of nitrogens with one attached hydrogen (secondary N) is 1. The van der Waals surface area contributed by atoms with E-state index in [1.54, 1.807) is 32.0 Å². The third-order valence-corrected chi connectivity index (χ3v) is 2.76. The molecule has 0 saturated carbocycles. The van der Waals surface area contributed by atoms with Crippen LogP contribution in [0.3, 0.4) is 0 Å². The minimum absolute atomic E-state index is 0.0489. The SMILES string of the molecule is CCOc1ccccc1Nc1ncnc(OC(C)C)c1[N+](=O)[O-]. The molecule has 0 atom stereocenters. The van der Waals surface area contributed by atoms with E-state index in [0.717, 1.165) is 0 Å². The van der Waals surface area contributed by atoms with Crippen LogP contribution in [-0.4, -0.2) is 27.6 Å². The Balaban J connectivity index is 2.42. The zero-order valence-electron chi connectivity index (χ0n) is 13.1. The zero-order valence-corrected chi connectivity index (χ0v) is 13.1. The van der Waals surface area contributed by atoms with E-state index in [9.17, 15) is 10.1 Å². The summed E-state index contributed by atoms with van der Waals surface area (Å²) in [5.41, 5.74) is 0.263. The van der Waals surface area contributed by atoms with E-state index in [2.05, 4.69) is 15.3 Å². The molecule has 122 valence electrons. The van der Waals surface area contributed by atoms with Crippen LogP contribution < -0.4 is 14.8 Å². The highest BCUT2D eigenvalue weighted by Gasteiger charge is 2.25. The van der Waals surface area contributed by atoms with E-state index in [-0.39, 0.29) is 23.5 Å². The molecule has 0 saturated heterocycles. The quantitative estimate of drug-likeness (QED) is 0.617. The molecule has 0 spiro atoms. The van der Waals surface area contributed by atoms with Crippen LogP contribution in [0.15, 0.2) is 30.6 Å². The lowest BCUT2D eigenvalue weighted by atomic mass is 10.3. The number of para-hydroxylation sites is 2. The van der Waals surface area contributed by atoms with Crippen LogP contribution >= 0.6 is 0 Å². The Kier molecular flexibility index (Phi) is 5.29. The smallest absolute Gasteiger partial charge is 0.373 e. The van der Waals surface area contributed by atoms with Crippen molar-refractivity contribution in [3.05, 3.63) is 40.7 Å². The Bertz CT molecular complexity index is 691. The molecule has 1 heterocycles. The average molecular weight is 318 g/mol. The van der Waals surface area contributed by atoms with E-state index in [0.29, 0.717) is 18.0 Å². The van der Waals surface area contributed by atoms with Crippen molar-refractivity contribution in [3.8, 4) is 11.6 Å². The molecule has 8 nitrogen and oxygen atoms in total. The lowest BCUT2D eigenvalue weighted by molar-refractivity contribution is -0.385. The summed E-state index contributed by atoms with van der Waals surface area (Å²) in [5.74, 6) is 0.554. The highest BCUT2D eigenvalue weighted by molar-refractivity contribution is 5.71. The number of ether oxygens (including phenoxy) is 2. The molecule has 2 rings (SSSR count). The molecular formula is C15H18N4O4. The van der Waals surface area contributed by atoms with Crippen molar-refractivity contribution in [2.45, 2.75) is 26.9 Å². The normalized spacial score (nSPS) is 10.4. The van der Waals surface area contributed by atoms with Gasteiger partial charge >= 0.3 is 5.69 Å². The molecule has 0 aliphatic carbocycles. The van der Waals surface area contributed by atoms with Gasteiger partial charge in [0.15, 0.2) is 0 Å². The molecule has 0 aliphatic rings. The Labute approximate surface area is 133 Å². The predicted molar refractivity (Wildman–Crippen MR) is 85.3 cm³/mol. The van der Waals surface area contributed by atoms with Crippen molar-refractivity contribution >= 4 is 17.2 Å². The summed E-state index contributed by atoms with van der Waals surface area (Å²) in [6, 6.07) is 7.13. The van der Waals surface area contributed by atoms with E-state index < -0.39 is 4.92 Å². The van der Waals surface area contributed by atoms with Crippen molar-refractivity contribution in [1.29, 1.82) is 0 Å². The number of hydrogen-bond donors (Lipinski definition) is 1. The van der Waals surface area contributed by atoms with E-state index >= 15 is 0 Å². The Morgan fingerprint density at radius 3 is 2.70 bits per heavy atom. The Hall–Kier alpha value is -2.90. The van der Waals surface area contributed by atoms with Gasteiger partial charge in [-0.2, -0.15) is 4.98 Å². The number of nitrogens with zero attached hydrogens (tertiary/aromatic N) is 3. The van der Waals surface area contributed by atoms with Gasteiger partial charge < -0.3 is 14.8 Å². The van der Waals surface area contributed by atoms with Crippen molar-refractivity contribution in [2.24, 2.45) is 0 Å². The molecule has 0 amide bonds. The lowest BCUT2D eigenvalue weighted by Crippen LogP contribution is -2.11. The number of nitro groups is 1.